The molecule has 24 heavy (non-hydrogen) atoms. The SMILES string of the molecule is CC(C)(NC(=O)CCC(=O)c1ccccc1)c1ccc(F)cc1Cl. The molecular weight excluding hydrogens is 329 g/mol. The molecule has 0 atom stereocenters. The molecule has 2 aromatic rings. The number of Topliss-reactive ketones (excluding diaryl/α,β-unsaturated/α-hetero) is 1. The Morgan fingerprint density at radius 2 is 1.75 bits per heavy atom. The molecule has 0 aromatic heterocycles. The monoisotopic (exact) mass is 347 g/mol. The number of carbonyl (C=O) groups is 2. The highest BCUT2D eigenvalue weighted by molar-refractivity contribution is 6.31. The minimum atomic E-state index is -0.766. The third-order valence-corrected chi connectivity index (χ3v) is 4.04. The molecule has 5 heteroatoms. The Labute approximate surface area is 145 Å². The van der Waals surface area contributed by atoms with Crippen LogP contribution in [0.15, 0.2) is 48.5 Å². The molecule has 1 N–H and O–H groups in total. The zero-order valence-electron chi connectivity index (χ0n) is 13.6. The fraction of sp³-hybridized carbons (Fsp3) is 0.263. The molecular formula is C19H19ClFNO2. The van der Waals surface area contributed by atoms with E-state index in [9.17, 15) is 14.0 Å². The molecule has 0 heterocycles. The molecule has 0 spiro atoms. The topological polar surface area (TPSA) is 46.2 Å². The van der Waals surface area contributed by atoms with Gasteiger partial charge in [-0.05, 0) is 31.5 Å². The second kappa shape index (κ2) is 7.58. The van der Waals surface area contributed by atoms with Gasteiger partial charge in [-0.1, -0.05) is 48.0 Å². The molecule has 2 rings (SSSR count). The van der Waals surface area contributed by atoms with E-state index >= 15 is 0 Å². The minimum absolute atomic E-state index is 0.0793. The second-order valence-corrected chi connectivity index (χ2v) is 6.49. The lowest BCUT2D eigenvalue weighted by Gasteiger charge is -2.28. The van der Waals surface area contributed by atoms with E-state index in [2.05, 4.69) is 5.32 Å². The Morgan fingerprint density at radius 1 is 1.08 bits per heavy atom. The number of amides is 1. The Bertz CT molecular complexity index is 744. The number of nitrogens with one attached hydrogen (secondary N) is 1. The lowest BCUT2D eigenvalue weighted by molar-refractivity contribution is -0.122. The summed E-state index contributed by atoms with van der Waals surface area (Å²) in [5.41, 5.74) is 0.442. The van der Waals surface area contributed by atoms with Crippen LogP contribution in [0.3, 0.4) is 0 Å². The van der Waals surface area contributed by atoms with E-state index in [4.69, 9.17) is 11.6 Å². The molecule has 0 radical (unpaired) electrons. The average molecular weight is 348 g/mol. The van der Waals surface area contributed by atoms with Gasteiger partial charge in [-0.25, -0.2) is 4.39 Å². The van der Waals surface area contributed by atoms with Crippen LogP contribution in [-0.4, -0.2) is 11.7 Å². The van der Waals surface area contributed by atoms with Crippen LogP contribution < -0.4 is 5.32 Å². The van der Waals surface area contributed by atoms with Gasteiger partial charge in [0.25, 0.3) is 0 Å². The molecule has 1 amide bonds. The van der Waals surface area contributed by atoms with Gasteiger partial charge in [-0.15, -0.1) is 0 Å². The zero-order valence-corrected chi connectivity index (χ0v) is 14.4. The van der Waals surface area contributed by atoms with Gasteiger partial charge in [0.15, 0.2) is 5.78 Å². The summed E-state index contributed by atoms with van der Waals surface area (Å²) in [7, 11) is 0. The van der Waals surface area contributed by atoms with Crippen molar-refractivity contribution < 1.29 is 14.0 Å². The number of carbonyl (C=O) groups excluding carboxylic acids is 2. The summed E-state index contributed by atoms with van der Waals surface area (Å²) < 4.78 is 13.2. The maximum absolute atomic E-state index is 13.2. The van der Waals surface area contributed by atoms with Gasteiger partial charge < -0.3 is 5.32 Å². The van der Waals surface area contributed by atoms with Crippen LogP contribution in [0.4, 0.5) is 4.39 Å². The Balaban J connectivity index is 1.97. The summed E-state index contributed by atoms with van der Waals surface area (Å²) in [5, 5.41) is 3.09. The quantitative estimate of drug-likeness (QED) is 0.782. The smallest absolute Gasteiger partial charge is 0.221 e. The van der Waals surface area contributed by atoms with Crippen LogP contribution >= 0.6 is 11.6 Å². The van der Waals surface area contributed by atoms with Crippen molar-refractivity contribution in [2.75, 3.05) is 0 Å². The van der Waals surface area contributed by atoms with Crippen molar-refractivity contribution >= 4 is 23.3 Å². The molecule has 0 saturated carbocycles. The first-order valence-electron chi connectivity index (χ1n) is 7.64. The number of benzene rings is 2. The predicted octanol–water partition coefficient (Wildman–Crippen LogP) is 4.49. The summed E-state index contributed by atoms with van der Waals surface area (Å²) in [5.74, 6) is -0.771. The molecule has 0 bridgehead atoms. The molecule has 126 valence electrons. The standard InChI is InChI=1S/C19H19ClFNO2/c1-19(2,15-9-8-14(21)12-16(15)20)22-18(24)11-10-17(23)13-6-4-3-5-7-13/h3-9,12H,10-11H2,1-2H3,(H,22,24). The van der Waals surface area contributed by atoms with Crippen LogP contribution in [0, 0.1) is 5.82 Å². The maximum Gasteiger partial charge on any atom is 0.221 e. The van der Waals surface area contributed by atoms with Crippen molar-refractivity contribution in [2.24, 2.45) is 0 Å². The molecule has 0 aliphatic carbocycles. The van der Waals surface area contributed by atoms with Crippen LogP contribution in [0.5, 0.6) is 0 Å². The van der Waals surface area contributed by atoms with Crippen LogP contribution in [0.1, 0.15) is 42.6 Å². The zero-order chi connectivity index (χ0) is 17.7. The fourth-order valence-corrected chi connectivity index (χ4v) is 2.87. The van der Waals surface area contributed by atoms with Gasteiger partial charge in [0.1, 0.15) is 5.82 Å². The van der Waals surface area contributed by atoms with E-state index < -0.39 is 11.4 Å². The van der Waals surface area contributed by atoms with E-state index in [1.165, 1.54) is 12.1 Å². The highest BCUT2D eigenvalue weighted by Gasteiger charge is 2.25. The van der Waals surface area contributed by atoms with E-state index in [-0.39, 0.29) is 29.6 Å². The number of hydrogen-bond acceptors (Lipinski definition) is 2. The maximum atomic E-state index is 13.2. The third kappa shape index (κ3) is 4.65. The highest BCUT2D eigenvalue weighted by atomic mass is 35.5. The molecule has 2 aromatic carbocycles. The Kier molecular flexibility index (Phi) is 5.73. The number of ketones is 1. The van der Waals surface area contributed by atoms with Gasteiger partial charge in [-0.3, -0.25) is 9.59 Å². The molecule has 0 unspecified atom stereocenters. The first-order valence-corrected chi connectivity index (χ1v) is 8.02. The van der Waals surface area contributed by atoms with Crippen molar-refractivity contribution in [1.29, 1.82) is 0 Å². The average Bonchev–Trinajstić information content (AvgIpc) is 2.52. The molecule has 0 saturated heterocycles. The van der Waals surface area contributed by atoms with Crippen molar-refractivity contribution in [1.82, 2.24) is 5.32 Å². The second-order valence-electron chi connectivity index (χ2n) is 6.09. The number of hydrogen-bond donors (Lipinski definition) is 1. The van der Waals surface area contributed by atoms with Gasteiger partial charge >= 0.3 is 0 Å². The highest BCUT2D eigenvalue weighted by Crippen LogP contribution is 2.28. The summed E-state index contributed by atoms with van der Waals surface area (Å²) in [6.07, 6.45) is 0.207. The largest absolute Gasteiger partial charge is 0.347 e. The van der Waals surface area contributed by atoms with Crippen molar-refractivity contribution in [3.05, 3.63) is 70.5 Å². The number of halogens is 2. The van der Waals surface area contributed by atoms with E-state index in [0.717, 1.165) is 0 Å². The Morgan fingerprint density at radius 3 is 2.38 bits per heavy atom. The Hall–Kier alpha value is -2.20. The van der Waals surface area contributed by atoms with Crippen molar-refractivity contribution in [3.63, 3.8) is 0 Å². The summed E-state index contributed by atoms with van der Waals surface area (Å²) >= 11 is 6.06. The van der Waals surface area contributed by atoms with Crippen molar-refractivity contribution in [2.45, 2.75) is 32.2 Å². The molecule has 0 fully saturated rings. The summed E-state index contributed by atoms with van der Waals surface area (Å²) in [4.78, 5) is 24.2. The lowest BCUT2D eigenvalue weighted by atomic mass is 9.93. The van der Waals surface area contributed by atoms with Gasteiger partial charge in [0.2, 0.25) is 5.91 Å². The third-order valence-electron chi connectivity index (χ3n) is 3.73. The van der Waals surface area contributed by atoms with E-state index in [1.807, 2.05) is 6.07 Å². The lowest BCUT2D eigenvalue weighted by Crippen LogP contribution is -2.41. The molecule has 3 nitrogen and oxygen atoms in total. The minimum Gasteiger partial charge on any atom is -0.347 e. The normalized spacial score (nSPS) is 11.2. The first kappa shape index (κ1) is 18.1. The van der Waals surface area contributed by atoms with E-state index in [0.29, 0.717) is 11.1 Å². The molecule has 0 aliphatic heterocycles. The van der Waals surface area contributed by atoms with Crippen LogP contribution in [0.25, 0.3) is 0 Å². The van der Waals surface area contributed by atoms with Gasteiger partial charge in [-0.2, -0.15) is 0 Å². The summed E-state index contributed by atoms with van der Waals surface area (Å²) in [6, 6.07) is 12.9. The molecule has 0 aliphatic rings. The summed E-state index contributed by atoms with van der Waals surface area (Å²) in [6.45, 7) is 3.56. The fourth-order valence-electron chi connectivity index (χ4n) is 2.47. The first-order chi connectivity index (χ1) is 11.3. The van der Waals surface area contributed by atoms with Crippen LogP contribution in [-0.2, 0) is 10.3 Å². The van der Waals surface area contributed by atoms with Crippen LogP contribution in [0.2, 0.25) is 5.02 Å². The van der Waals surface area contributed by atoms with Gasteiger partial charge in [0.05, 0.1) is 5.54 Å². The predicted molar refractivity (Wildman–Crippen MR) is 92.6 cm³/mol. The number of rotatable bonds is 6. The van der Waals surface area contributed by atoms with E-state index in [1.54, 1.807) is 44.2 Å². The van der Waals surface area contributed by atoms with Gasteiger partial charge in [0, 0.05) is 23.4 Å². The van der Waals surface area contributed by atoms with Crippen molar-refractivity contribution in [3.8, 4) is 0 Å².